The molecule has 1 aliphatic heterocycles. The van der Waals surface area contributed by atoms with E-state index >= 15 is 0 Å². The van der Waals surface area contributed by atoms with Crippen molar-refractivity contribution in [3.8, 4) is 39.5 Å². The zero-order chi connectivity index (χ0) is 16.1. The van der Waals surface area contributed by atoms with Crippen LogP contribution in [0.3, 0.4) is 0 Å². The van der Waals surface area contributed by atoms with Crippen LogP contribution in [0.15, 0.2) is 78.9 Å². The molecule has 0 radical (unpaired) electrons. The summed E-state index contributed by atoms with van der Waals surface area (Å²) in [6, 6.07) is 26.0. The Kier molecular flexibility index (Phi) is 2.68. The fourth-order valence-corrected chi connectivity index (χ4v) is 3.41. The highest BCUT2D eigenvalue weighted by Gasteiger charge is 2.20. The third kappa shape index (κ3) is 1.90. The van der Waals surface area contributed by atoms with Gasteiger partial charge in [-0.2, -0.15) is 0 Å². The lowest BCUT2D eigenvalue weighted by Gasteiger charge is -2.11. The van der Waals surface area contributed by atoms with E-state index in [9.17, 15) is 5.11 Å². The van der Waals surface area contributed by atoms with Crippen molar-refractivity contribution in [1.29, 1.82) is 0 Å². The zero-order valence-corrected chi connectivity index (χ0v) is 12.9. The van der Waals surface area contributed by atoms with E-state index in [1.54, 1.807) is 12.1 Å². The maximum absolute atomic E-state index is 9.80. The molecule has 2 heteroatoms. The van der Waals surface area contributed by atoms with E-state index in [1.165, 1.54) is 0 Å². The number of ether oxygens (including phenoxy) is 1. The molecule has 0 aliphatic carbocycles. The van der Waals surface area contributed by atoms with Crippen LogP contribution in [0.1, 0.15) is 0 Å². The number of hydrogen-bond acceptors (Lipinski definition) is 2. The Morgan fingerprint density at radius 1 is 0.542 bits per heavy atom. The quantitative estimate of drug-likeness (QED) is 0.381. The van der Waals surface area contributed by atoms with Crippen LogP contribution in [-0.4, -0.2) is 5.11 Å². The molecule has 0 unspecified atom stereocenters. The monoisotopic (exact) mass is 310 g/mol. The Labute approximate surface area is 139 Å². The maximum Gasteiger partial charge on any atom is 0.135 e. The maximum atomic E-state index is 9.80. The fourth-order valence-electron chi connectivity index (χ4n) is 3.41. The van der Waals surface area contributed by atoms with Crippen molar-refractivity contribution in [3.63, 3.8) is 0 Å². The molecule has 0 saturated carbocycles. The molecule has 0 aromatic heterocycles. The third-order valence-corrected chi connectivity index (χ3v) is 4.54. The first-order valence-electron chi connectivity index (χ1n) is 7.93. The molecule has 0 spiro atoms. The Bertz CT molecular complexity index is 1100. The Morgan fingerprint density at radius 2 is 1.25 bits per heavy atom. The first-order valence-corrected chi connectivity index (χ1v) is 7.93. The summed E-state index contributed by atoms with van der Waals surface area (Å²) in [4.78, 5) is 0. The van der Waals surface area contributed by atoms with Crippen LogP contribution in [0.25, 0.3) is 33.0 Å². The minimum absolute atomic E-state index is 0.272. The van der Waals surface area contributed by atoms with Crippen LogP contribution in [0.5, 0.6) is 17.2 Å². The Balaban J connectivity index is 1.90. The molecular weight excluding hydrogens is 296 g/mol. The predicted molar refractivity (Wildman–Crippen MR) is 96.6 cm³/mol. The van der Waals surface area contributed by atoms with E-state index in [0.717, 1.165) is 44.5 Å². The van der Waals surface area contributed by atoms with Gasteiger partial charge in [0.2, 0.25) is 0 Å². The number of phenols is 1. The number of aromatic hydroxyl groups is 1. The number of rotatable bonds is 0. The third-order valence-electron chi connectivity index (χ3n) is 4.54. The van der Waals surface area contributed by atoms with Gasteiger partial charge in [-0.3, -0.25) is 0 Å². The van der Waals surface area contributed by atoms with Gasteiger partial charge in [0, 0.05) is 11.1 Å². The SMILES string of the molecule is Oc1ccc2cc3c(cc2c1)-c1ccccc1-c1ccccc1O3. The minimum Gasteiger partial charge on any atom is -0.508 e. The van der Waals surface area contributed by atoms with Gasteiger partial charge < -0.3 is 9.84 Å². The van der Waals surface area contributed by atoms with E-state index in [-0.39, 0.29) is 5.75 Å². The molecule has 5 rings (SSSR count). The van der Waals surface area contributed by atoms with Crippen molar-refractivity contribution in [2.75, 3.05) is 0 Å². The molecule has 1 aliphatic rings. The average Bonchev–Trinajstić information content (AvgIpc) is 2.75. The molecule has 0 fully saturated rings. The van der Waals surface area contributed by atoms with Gasteiger partial charge in [0.15, 0.2) is 0 Å². The van der Waals surface area contributed by atoms with Crippen molar-refractivity contribution in [3.05, 3.63) is 78.9 Å². The van der Waals surface area contributed by atoms with Gasteiger partial charge in [-0.15, -0.1) is 0 Å². The fraction of sp³-hybridized carbons (Fsp3) is 0. The second-order valence-electron chi connectivity index (χ2n) is 6.02. The molecule has 0 amide bonds. The topological polar surface area (TPSA) is 29.5 Å². The van der Waals surface area contributed by atoms with E-state index in [2.05, 4.69) is 24.3 Å². The normalized spacial score (nSPS) is 11.8. The van der Waals surface area contributed by atoms with Crippen molar-refractivity contribution in [2.45, 2.75) is 0 Å². The van der Waals surface area contributed by atoms with Gasteiger partial charge >= 0.3 is 0 Å². The summed E-state index contributed by atoms with van der Waals surface area (Å²) >= 11 is 0. The first-order chi connectivity index (χ1) is 11.8. The van der Waals surface area contributed by atoms with Crippen LogP contribution in [-0.2, 0) is 0 Å². The molecular formula is C22H14O2. The van der Waals surface area contributed by atoms with Crippen LogP contribution in [0.2, 0.25) is 0 Å². The van der Waals surface area contributed by atoms with Gasteiger partial charge in [-0.05, 0) is 52.2 Å². The summed E-state index contributed by atoms with van der Waals surface area (Å²) in [7, 11) is 0. The van der Waals surface area contributed by atoms with Gasteiger partial charge in [0.1, 0.15) is 17.2 Å². The highest BCUT2D eigenvalue weighted by Crippen LogP contribution is 2.47. The summed E-state index contributed by atoms with van der Waals surface area (Å²) in [6.07, 6.45) is 0. The van der Waals surface area contributed by atoms with Crippen LogP contribution in [0, 0.1) is 0 Å². The largest absolute Gasteiger partial charge is 0.508 e. The highest BCUT2D eigenvalue weighted by atomic mass is 16.5. The van der Waals surface area contributed by atoms with Crippen LogP contribution in [0.4, 0.5) is 0 Å². The average molecular weight is 310 g/mol. The second kappa shape index (κ2) is 4.87. The van der Waals surface area contributed by atoms with Gasteiger partial charge in [-0.1, -0.05) is 48.5 Å². The molecule has 0 saturated heterocycles. The van der Waals surface area contributed by atoms with Gasteiger partial charge in [-0.25, -0.2) is 0 Å². The smallest absolute Gasteiger partial charge is 0.135 e. The van der Waals surface area contributed by atoms with Crippen LogP contribution >= 0.6 is 0 Å². The molecule has 4 aromatic carbocycles. The Hall–Kier alpha value is -3.26. The predicted octanol–water partition coefficient (Wildman–Crippen LogP) is 5.99. The first kappa shape index (κ1) is 13.2. The summed E-state index contributed by atoms with van der Waals surface area (Å²) in [6.45, 7) is 0. The number of para-hydroxylation sites is 1. The minimum atomic E-state index is 0.272. The summed E-state index contributed by atoms with van der Waals surface area (Å²) < 4.78 is 6.26. The molecule has 4 aromatic rings. The molecule has 1 N–H and O–H groups in total. The standard InChI is InChI=1S/C22H14O2/c23-16-10-9-14-13-22-20(12-15(14)11-16)18-6-2-1-5-17(18)19-7-3-4-8-21(19)24-22/h1-13,23H. The molecule has 2 nitrogen and oxygen atoms in total. The van der Waals surface area contributed by atoms with E-state index in [0.29, 0.717) is 0 Å². The summed E-state index contributed by atoms with van der Waals surface area (Å²) in [5.74, 6) is 1.97. The number of phenolic OH excluding ortho intramolecular Hbond substituents is 1. The number of fused-ring (bicyclic) bond motifs is 6. The van der Waals surface area contributed by atoms with Crippen LogP contribution < -0.4 is 4.74 Å². The lowest BCUT2D eigenvalue weighted by molar-refractivity contribution is 0.476. The molecule has 0 atom stereocenters. The van der Waals surface area contributed by atoms with E-state index in [1.807, 2.05) is 42.5 Å². The Morgan fingerprint density at radius 3 is 2.08 bits per heavy atom. The van der Waals surface area contributed by atoms with E-state index in [4.69, 9.17) is 4.74 Å². The van der Waals surface area contributed by atoms with Gasteiger partial charge in [0.25, 0.3) is 0 Å². The second-order valence-corrected chi connectivity index (χ2v) is 6.02. The lowest BCUT2D eigenvalue weighted by atomic mass is 9.93. The highest BCUT2D eigenvalue weighted by molar-refractivity contribution is 5.97. The van der Waals surface area contributed by atoms with Crippen molar-refractivity contribution in [2.24, 2.45) is 0 Å². The molecule has 0 bridgehead atoms. The molecule has 114 valence electrons. The lowest BCUT2D eigenvalue weighted by Crippen LogP contribution is -1.86. The summed E-state index contributed by atoms with van der Waals surface area (Å²) in [5, 5.41) is 11.8. The van der Waals surface area contributed by atoms with Crippen molar-refractivity contribution >= 4 is 10.8 Å². The van der Waals surface area contributed by atoms with Crippen molar-refractivity contribution < 1.29 is 9.84 Å². The van der Waals surface area contributed by atoms with Gasteiger partial charge in [0.05, 0.1) is 0 Å². The molecule has 24 heavy (non-hydrogen) atoms. The number of benzene rings is 4. The van der Waals surface area contributed by atoms with E-state index < -0.39 is 0 Å². The summed E-state index contributed by atoms with van der Waals surface area (Å²) in [5.41, 5.74) is 4.44. The zero-order valence-electron chi connectivity index (χ0n) is 12.9. The molecule has 1 heterocycles. The number of hydrogen-bond donors (Lipinski definition) is 1. The van der Waals surface area contributed by atoms with Crippen molar-refractivity contribution in [1.82, 2.24) is 0 Å².